The monoisotopic (exact) mass is 453 g/mol. The van der Waals surface area contributed by atoms with Crippen molar-refractivity contribution < 1.29 is 18.9 Å². The number of aromatic nitrogens is 2. The summed E-state index contributed by atoms with van der Waals surface area (Å²) in [5, 5.41) is 0. The molecule has 2 heterocycles. The normalized spacial score (nSPS) is 23.1. The van der Waals surface area contributed by atoms with Crippen LogP contribution in [0.5, 0.6) is 0 Å². The van der Waals surface area contributed by atoms with E-state index in [0.717, 1.165) is 57.8 Å². The zero-order valence-corrected chi connectivity index (χ0v) is 20.2. The molecule has 1 aliphatic heterocycles. The summed E-state index contributed by atoms with van der Waals surface area (Å²) in [6.07, 6.45) is 9.63. The molecule has 1 saturated heterocycles. The number of nitrogens with two attached hydrogens (primary N) is 1. The standard InChI is InChI=1S/C24H43N3O5/c1-4-7-10-15-29-18-19-21(30-16-11-8-5-2)22(31-17-12-9-6-3)23(32-19)27-14-13-20(25)26-24(27)28/h13-14,19,21-23H,4-12,15-18H2,1-3H3,(H2,25,26,28)/t19-,21-,22-,23-/m1/s1. The van der Waals surface area contributed by atoms with Gasteiger partial charge in [0.15, 0.2) is 6.23 Å². The zero-order valence-electron chi connectivity index (χ0n) is 20.2. The summed E-state index contributed by atoms with van der Waals surface area (Å²) < 4.78 is 26.3. The van der Waals surface area contributed by atoms with Crippen LogP contribution < -0.4 is 11.4 Å². The van der Waals surface area contributed by atoms with Crippen molar-refractivity contribution in [3.63, 3.8) is 0 Å². The molecule has 0 spiro atoms. The van der Waals surface area contributed by atoms with Crippen LogP contribution in [0.15, 0.2) is 17.1 Å². The largest absolute Gasteiger partial charge is 0.383 e. The van der Waals surface area contributed by atoms with Crippen LogP contribution in [-0.4, -0.2) is 54.3 Å². The van der Waals surface area contributed by atoms with Gasteiger partial charge in [0.05, 0.1) is 6.61 Å². The Morgan fingerprint density at radius 3 is 2.12 bits per heavy atom. The maximum Gasteiger partial charge on any atom is 0.351 e. The summed E-state index contributed by atoms with van der Waals surface area (Å²) in [6, 6.07) is 1.60. The fourth-order valence-corrected chi connectivity index (χ4v) is 3.86. The predicted molar refractivity (Wildman–Crippen MR) is 126 cm³/mol. The van der Waals surface area contributed by atoms with Crippen LogP contribution in [0.2, 0.25) is 0 Å². The Labute approximate surface area is 192 Å². The van der Waals surface area contributed by atoms with E-state index in [0.29, 0.717) is 26.4 Å². The van der Waals surface area contributed by atoms with Crippen LogP contribution in [0.25, 0.3) is 0 Å². The summed E-state index contributed by atoms with van der Waals surface area (Å²) in [5.41, 5.74) is 5.24. The van der Waals surface area contributed by atoms with Crippen molar-refractivity contribution in [2.24, 2.45) is 0 Å². The second-order valence-corrected chi connectivity index (χ2v) is 8.47. The average molecular weight is 454 g/mol. The van der Waals surface area contributed by atoms with Gasteiger partial charge in [0, 0.05) is 26.0 Å². The SMILES string of the molecule is CCCCCOC[C@H]1O[C@@H](n2ccc(N)nc2=O)[C@H](OCCCCC)[C@@H]1OCCCCC. The number of nitrogens with zero attached hydrogens (tertiary/aromatic N) is 2. The van der Waals surface area contributed by atoms with Gasteiger partial charge >= 0.3 is 5.69 Å². The van der Waals surface area contributed by atoms with E-state index < -0.39 is 18.0 Å². The number of nitrogen functional groups attached to an aromatic ring is 1. The fourth-order valence-electron chi connectivity index (χ4n) is 3.86. The van der Waals surface area contributed by atoms with Gasteiger partial charge in [0.1, 0.15) is 24.1 Å². The molecule has 0 unspecified atom stereocenters. The Bertz CT molecular complexity index is 684. The molecule has 1 aromatic heterocycles. The maximum absolute atomic E-state index is 12.6. The Morgan fingerprint density at radius 2 is 1.53 bits per heavy atom. The van der Waals surface area contributed by atoms with Gasteiger partial charge in [-0.15, -0.1) is 0 Å². The van der Waals surface area contributed by atoms with Gasteiger partial charge in [-0.25, -0.2) is 4.79 Å². The van der Waals surface area contributed by atoms with Crippen molar-refractivity contribution in [2.75, 3.05) is 32.2 Å². The molecule has 184 valence electrons. The number of anilines is 1. The summed E-state index contributed by atoms with van der Waals surface area (Å²) in [7, 11) is 0. The van der Waals surface area contributed by atoms with Gasteiger partial charge in [0.25, 0.3) is 0 Å². The highest BCUT2D eigenvalue weighted by molar-refractivity contribution is 5.23. The molecule has 8 heteroatoms. The average Bonchev–Trinajstić information content (AvgIpc) is 3.11. The van der Waals surface area contributed by atoms with Crippen LogP contribution in [0.3, 0.4) is 0 Å². The highest BCUT2D eigenvalue weighted by atomic mass is 16.6. The Kier molecular flexibility index (Phi) is 12.9. The molecule has 32 heavy (non-hydrogen) atoms. The second-order valence-electron chi connectivity index (χ2n) is 8.47. The van der Waals surface area contributed by atoms with E-state index in [9.17, 15) is 4.79 Å². The number of ether oxygens (including phenoxy) is 4. The smallest absolute Gasteiger partial charge is 0.351 e. The molecular formula is C24H43N3O5. The predicted octanol–water partition coefficient (Wildman–Crippen LogP) is 4.08. The van der Waals surface area contributed by atoms with Gasteiger partial charge in [0.2, 0.25) is 0 Å². The molecule has 4 atom stereocenters. The first kappa shape index (κ1) is 26.8. The number of rotatable bonds is 17. The fraction of sp³-hybridized carbons (Fsp3) is 0.833. The molecule has 0 aromatic carbocycles. The minimum atomic E-state index is -0.627. The first-order valence-corrected chi connectivity index (χ1v) is 12.4. The number of hydrogen-bond acceptors (Lipinski definition) is 7. The molecule has 2 N–H and O–H groups in total. The maximum atomic E-state index is 12.6. The van der Waals surface area contributed by atoms with Crippen LogP contribution >= 0.6 is 0 Å². The van der Waals surface area contributed by atoms with Crippen molar-refractivity contribution in [3.8, 4) is 0 Å². The Balaban J connectivity index is 2.17. The number of unbranched alkanes of at least 4 members (excludes halogenated alkanes) is 6. The Hall–Kier alpha value is -1.48. The molecule has 0 bridgehead atoms. The molecule has 0 radical (unpaired) electrons. The first-order valence-electron chi connectivity index (χ1n) is 12.4. The lowest BCUT2D eigenvalue weighted by molar-refractivity contribution is -0.0820. The molecule has 8 nitrogen and oxygen atoms in total. The van der Waals surface area contributed by atoms with Gasteiger partial charge in [-0.1, -0.05) is 59.3 Å². The quantitative estimate of drug-likeness (QED) is 0.355. The summed E-state index contributed by atoms with van der Waals surface area (Å²) in [4.78, 5) is 16.4. The van der Waals surface area contributed by atoms with E-state index in [1.165, 1.54) is 4.57 Å². The Morgan fingerprint density at radius 1 is 0.938 bits per heavy atom. The first-order chi connectivity index (χ1) is 15.6. The van der Waals surface area contributed by atoms with Crippen LogP contribution in [0.1, 0.15) is 84.8 Å². The van der Waals surface area contributed by atoms with Gasteiger partial charge in [-0.3, -0.25) is 4.57 Å². The number of hydrogen-bond donors (Lipinski definition) is 1. The van der Waals surface area contributed by atoms with Crippen LogP contribution in [0.4, 0.5) is 5.82 Å². The zero-order chi connectivity index (χ0) is 23.2. The third-order valence-electron chi connectivity index (χ3n) is 5.70. The molecule has 2 rings (SSSR count). The topological polar surface area (TPSA) is 97.8 Å². The minimum absolute atomic E-state index is 0.188. The second kappa shape index (κ2) is 15.4. The molecule has 0 amide bonds. The minimum Gasteiger partial charge on any atom is -0.383 e. The molecular weight excluding hydrogens is 410 g/mol. The molecule has 0 aliphatic carbocycles. The molecule has 1 aromatic rings. The molecule has 0 saturated carbocycles. The van der Waals surface area contributed by atoms with E-state index in [1.54, 1.807) is 12.3 Å². The van der Waals surface area contributed by atoms with Crippen molar-refractivity contribution in [1.82, 2.24) is 9.55 Å². The van der Waals surface area contributed by atoms with E-state index >= 15 is 0 Å². The summed E-state index contributed by atoms with van der Waals surface area (Å²) in [5.74, 6) is 0.188. The van der Waals surface area contributed by atoms with E-state index in [4.69, 9.17) is 24.7 Å². The lowest BCUT2D eigenvalue weighted by Gasteiger charge is -2.25. The van der Waals surface area contributed by atoms with Crippen LogP contribution in [0, 0.1) is 0 Å². The van der Waals surface area contributed by atoms with Gasteiger partial charge < -0.3 is 24.7 Å². The summed E-state index contributed by atoms with van der Waals surface area (Å²) >= 11 is 0. The van der Waals surface area contributed by atoms with E-state index in [-0.39, 0.29) is 18.0 Å². The van der Waals surface area contributed by atoms with Gasteiger partial charge in [-0.05, 0) is 25.3 Å². The lowest BCUT2D eigenvalue weighted by Crippen LogP contribution is -2.40. The van der Waals surface area contributed by atoms with Gasteiger partial charge in [-0.2, -0.15) is 4.98 Å². The van der Waals surface area contributed by atoms with Crippen molar-refractivity contribution in [3.05, 3.63) is 22.7 Å². The lowest BCUT2D eigenvalue weighted by atomic mass is 10.1. The third kappa shape index (κ3) is 8.46. The summed E-state index contributed by atoms with van der Waals surface area (Å²) in [6.45, 7) is 8.81. The van der Waals surface area contributed by atoms with Crippen molar-refractivity contribution in [2.45, 2.75) is 103 Å². The third-order valence-corrected chi connectivity index (χ3v) is 5.70. The highest BCUT2D eigenvalue weighted by Gasteiger charge is 2.47. The van der Waals surface area contributed by atoms with E-state index in [1.807, 2.05) is 0 Å². The van der Waals surface area contributed by atoms with Crippen molar-refractivity contribution >= 4 is 5.82 Å². The highest BCUT2D eigenvalue weighted by Crippen LogP contribution is 2.34. The molecule has 1 aliphatic rings. The van der Waals surface area contributed by atoms with E-state index in [2.05, 4.69) is 25.8 Å². The van der Waals surface area contributed by atoms with Crippen molar-refractivity contribution in [1.29, 1.82) is 0 Å². The van der Waals surface area contributed by atoms with Crippen LogP contribution in [-0.2, 0) is 18.9 Å². The molecule has 1 fully saturated rings.